The van der Waals surface area contributed by atoms with Crippen molar-refractivity contribution in [1.29, 1.82) is 0 Å². The van der Waals surface area contributed by atoms with Crippen LogP contribution in [-0.2, 0) is 15.4 Å². The molecule has 1 aromatic heterocycles. The molecule has 4 nitrogen and oxygen atoms in total. The van der Waals surface area contributed by atoms with Gasteiger partial charge in [-0.3, -0.25) is 0 Å². The van der Waals surface area contributed by atoms with Crippen molar-refractivity contribution in [1.82, 2.24) is 4.98 Å². The number of primary sulfonamides is 1. The molecule has 0 aliphatic heterocycles. The molecule has 102 valence electrons. The molecule has 0 amide bonds. The maximum atomic E-state index is 11.2. The normalized spacial score (nSPS) is 12.6. The summed E-state index contributed by atoms with van der Waals surface area (Å²) in [4.78, 5) is 4.69. The summed E-state index contributed by atoms with van der Waals surface area (Å²) in [6.07, 6.45) is 0. The number of sulfonamides is 1. The molecule has 1 heterocycles. The van der Waals surface area contributed by atoms with Crippen LogP contribution in [0.3, 0.4) is 0 Å². The lowest BCUT2D eigenvalue weighted by Crippen LogP contribution is -2.11. The van der Waals surface area contributed by atoms with Crippen LogP contribution in [0.5, 0.6) is 0 Å². The summed E-state index contributed by atoms with van der Waals surface area (Å²) in [5.41, 5.74) is 1.76. The molecule has 2 rings (SSSR count). The molecule has 0 saturated carbocycles. The second-order valence-electron chi connectivity index (χ2n) is 5.36. The summed E-state index contributed by atoms with van der Waals surface area (Å²) in [6.45, 7) is 6.33. The van der Waals surface area contributed by atoms with E-state index in [2.05, 4.69) is 25.8 Å². The van der Waals surface area contributed by atoms with E-state index in [0.717, 1.165) is 16.3 Å². The van der Waals surface area contributed by atoms with Gasteiger partial charge < -0.3 is 0 Å². The molecule has 6 heteroatoms. The number of nitrogens with two attached hydrogens (primary N) is 1. The van der Waals surface area contributed by atoms with Crippen molar-refractivity contribution < 1.29 is 8.42 Å². The fourth-order valence-corrected chi connectivity index (χ4v) is 3.00. The summed E-state index contributed by atoms with van der Waals surface area (Å²) < 4.78 is 22.4. The standard InChI is InChI=1S/C13H16N2O2S2/c1-13(2,3)12-15-11(8-18-12)9-4-6-10(7-5-9)19(14,16)17/h4-8H,1-3H3,(H2,14,16,17). The molecule has 1 aromatic carbocycles. The van der Waals surface area contributed by atoms with Crippen molar-refractivity contribution in [3.8, 4) is 11.3 Å². The van der Waals surface area contributed by atoms with Crippen molar-refractivity contribution in [3.05, 3.63) is 34.7 Å². The summed E-state index contributed by atoms with van der Waals surface area (Å²) >= 11 is 1.61. The monoisotopic (exact) mass is 296 g/mol. The zero-order chi connectivity index (χ0) is 14.3. The Morgan fingerprint density at radius 1 is 1.16 bits per heavy atom. The van der Waals surface area contributed by atoms with Gasteiger partial charge in [-0.15, -0.1) is 11.3 Å². The van der Waals surface area contributed by atoms with Crippen molar-refractivity contribution >= 4 is 21.4 Å². The van der Waals surface area contributed by atoms with Crippen LogP contribution < -0.4 is 5.14 Å². The van der Waals surface area contributed by atoms with Crippen LogP contribution in [0.4, 0.5) is 0 Å². The quantitative estimate of drug-likeness (QED) is 0.926. The van der Waals surface area contributed by atoms with E-state index < -0.39 is 10.0 Å². The van der Waals surface area contributed by atoms with Gasteiger partial charge in [-0.25, -0.2) is 18.5 Å². The molecule has 0 bridgehead atoms. The molecular formula is C13H16N2O2S2. The van der Waals surface area contributed by atoms with Crippen molar-refractivity contribution in [2.75, 3.05) is 0 Å². The van der Waals surface area contributed by atoms with E-state index in [0.29, 0.717) is 0 Å². The second kappa shape index (κ2) is 4.70. The molecular weight excluding hydrogens is 280 g/mol. The van der Waals surface area contributed by atoms with Gasteiger partial charge in [0.1, 0.15) is 0 Å². The smallest absolute Gasteiger partial charge is 0.238 e. The van der Waals surface area contributed by atoms with Gasteiger partial charge >= 0.3 is 0 Å². The Balaban J connectivity index is 2.36. The lowest BCUT2D eigenvalue weighted by Gasteiger charge is -2.13. The van der Waals surface area contributed by atoms with Crippen molar-refractivity contribution in [3.63, 3.8) is 0 Å². The van der Waals surface area contributed by atoms with E-state index in [1.165, 1.54) is 12.1 Å². The summed E-state index contributed by atoms with van der Waals surface area (Å²) in [6, 6.07) is 6.45. The Kier molecular flexibility index (Phi) is 3.51. The van der Waals surface area contributed by atoms with E-state index in [1.54, 1.807) is 23.5 Å². The first-order valence-electron chi connectivity index (χ1n) is 5.77. The first-order valence-corrected chi connectivity index (χ1v) is 8.20. The van der Waals surface area contributed by atoms with E-state index in [1.807, 2.05) is 5.38 Å². The summed E-state index contributed by atoms with van der Waals surface area (Å²) in [5.74, 6) is 0. The lowest BCUT2D eigenvalue weighted by atomic mass is 9.98. The Morgan fingerprint density at radius 3 is 2.16 bits per heavy atom. The van der Waals surface area contributed by atoms with E-state index >= 15 is 0 Å². The number of benzene rings is 1. The molecule has 2 aromatic rings. The first kappa shape index (κ1) is 14.2. The van der Waals surface area contributed by atoms with Crippen LogP contribution in [-0.4, -0.2) is 13.4 Å². The number of thiazole rings is 1. The molecule has 2 N–H and O–H groups in total. The predicted molar refractivity (Wildman–Crippen MR) is 77.6 cm³/mol. The highest BCUT2D eigenvalue weighted by Crippen LogP contribution is 2.30. The molecule has 0 aliphatic rings. The maximum absolute atomic E-state index is 11.2. The van der Waals surface area contributed by atoms with Gasteiger partial charge in [-0.05, 0) is 12.1 Å². The average Bonchev–Trinajstić information content (AvgIpc) is 2.77. The SMILES string of the molecule is CC(C)(C)c1nc(-c2ccc(S(N)(=O)=O)cc2)cs1. The Hall–Kier alpha value is -1.24. The average molecular weight is 296 g/mol. The zero-order valence-electron chi connectivity index (χ0n) is 11.0. The zero-order valence-corrected chi connectivity index (χ0v) is 12.7. The van der Waals surface area contributed by atoms with Crippen LogP contribution in [0.1, 0.15) is 25.8 Å². The third-order valence-corrected chi connectivity index (χ3v) is 4.82. The number of hydrogen-bond acceptors (Lipinski definition) is 4. The third-order valence-electron chi connectivity index (χ3n) is 2.62. The predicted octanol–water partition coefficient (Wildman–Crippen LogP) is 2.76. The molecule has 0 atom stereocenters. The maximum Gasteiger partial charge on any atom is 0.238 e. The molecule has 0 spiro atoms. The highest BCUT2D eigenvalue weighted by molar-refractivity contribution is 7.89. The van der Waals surface area contributed by atoms with Gasteiger partial charge in [-0.1, -0.05) is 32.9 Å². The molecule has 0 aliphatic carbocycles. The lowest BCUT2D eigenvalue weighted by molar-refractivity contribution is 0.586. The van der Waals surface area contributed by atoms with Crippen molar-refractivity contribution in [2.24, 2.45) is 5.14 Å². The Morgan fingerprint density at radius 2 is 1.74 bits per heavy atom. The fourth-order valence-electron chi connectivity index (χ4n) is 1.57. The van der Waals surface area contributed by atoms with Gasteiger partial charge in [0.05, 0.1) is 15.6 Å². The minimum atomic E-state index is -3.64. The molecule has 19 heavy (non-hydrogen) atoms. The molecule has 0 saturated heterocycles. The van der Waals surface area contributed by atoms with Crippen LogP contribution in [0.15, 0.2) is 34.5 Å². The van der Waals surface area contributed by atoms with E-state index in [9.17, 15) is 8.42 Å². The summed E-state index contributed by atoms with van der Waals surface area (Å²) in [5, 5.41) is 8.10. The Bertz CT molecular complexity index is 680. The first-order chi connectivity index (χ1) is 8.68. The van der Waals surface area contributed by atoms with Crippen LogP contribution in [0, 0.1) is 0 Å². The van der Waals surface area contributed by atoms with Gasteiger partial charge in [0.25, 0.3) is 0 Å². The topological polar surface area (TPSA) is 73.0 Å². The number of hydrogen-bond donors (Lipinski definition) is 1. The van der Waals surface area contributed by atoms with Crippen LogP contribution >= 0.6 is 11.3 Å². The minimum absolute atomic E-state index is 0.0173. The van der Waals surface area contributed by atoms with Gasteiger partial charge in [0, 0.05) is 16.4 Å². The number of rotatable bonds is 2. The van der Waals surface area contributed by atoms with Crippen LogP contribution in [0.2, 0.25) is 0 Å². The third kappa shape index (κ3) is 3.20. The summed E-state index contributed by atoms with van der Waals surface area (Å²) in [7, 11) is -3.64. The highest BCUT2D eigenvalue weighted by Gasteiger charge is 2.18. The number of nitrogens with zero attached hydrogens (tertiary/aromatic N) is 1. The van der Waals surface area contributed by atoms with Gasteiger partial charge in [-0.2, -0.15) is 0 Å². The van der Waals surface area contributed by atoms with Gasteiger partial charge in [0.15, 0.2) is 0 Å². The van der Waals surface area contributed by atoms with E-state index in [-0.39, 0.29) is 10.3 Å². The largest absolute Gasteiger partial charge is 0.241 e. The molecule has 0 unspecified atom stereocenters. The molecule has 0 radical (unpaired) electrons. The number of aromatic nitrogens is 1. The fraction of sp³-hybridized carbons (Fsp3) is 0.308. The highest BCUT2D eigenvalue weighted by atomic mass is 32.2. The van der Waals surface area contributed by atoms with E-state index in [4.69, 9.17) is 5.14 Å². The Labute approximate surface area is 117 Å². The van der Waals surface area contributed by atoms with Crippen molar-refractivity contribution in [2.45, 2.75) is 31.1 Å². The molecule has 0 fully saturated rings. The second-order valence-corrected chi connectivity index (χ2v) is 7.78. The van der Waals surface area contributed by atoms with Gasteiger partial charge in [0.2, 0.25) is 10.0 Å². The van der Waals surface area contributed by atoms with Crippen LogP contribution in [0.25, 0.3) is 11.3 Å². The minimum Gasteiger partial charge on any atom is -0.241 e.